The molecule has 19 heavy (non-hydrogen) atoms. The van der Waals surface area contributed by atoms with Gasteiger partial charge in [0.05, 0.1) is 5.69 Å². The number of H-pyrrole nitrogens is 1. The molecule has 0 saturated carbocycles. The first-order valence-electron chi connectivity index (χ1n) is 5.68. The van der Waals surface area contributed by atoms with Gasteiger partial charge in [0.15, 0.2) is 0 Å². The minimum atomic E-state index is -4.60. The van der Waals surface area contributed by atoms with E-state index in [1.807, 2.05) is 6.92 Å². The van der Waals surface area contributed by atoms with Crippen molar-refractivity contribution in [2.24, 2.45) is 0 Å². The van der Waals surface area contributed by atoms with E-state index < -0.39 is 17.6 Å². The van der Waals surface area contributed by atoms with E-state index in [0.717, 1.165) is 18.1 Å². The lowest BCUT2D eigenvalue weighted by Crippen LogP contribution is -2.19. The molecular weight excluding hydrogens is 257 g/mol. The Balaban J connectivity index is 2.49. The van der Waals surface area contributed by atoms with Crippen LogP contribution < -0.4 is 5.69 Å². The highest BCUT2D eigenvalue weighted by Gasteiger charge is 2.32. The molecule has 0 atom stereocenters. The van der Waals surface area contributed by atoms with Gasteiger partial charge in [0, 0.05) is 5.56 Å². The van der Waals surface area contributed by atoms with Crippen LogP contribution in [0, 0.1) is 0 Å². The molecule has 2 rings (SSSR count). The zero-order valence-electron chi connectivity index (χ0n) is 10.1. The number of hydrogen-bond donors (Lipinski definition) is 1. The average Bonchev–Trinajstić information content (AvgIpc) is 2.37. The maximum Gasteiger partial charge on any atom is 0.431 e. The molecule has 0 aliphatic heterocycles. The lowest BCUT2D eigenvalue weighted by Gasteiger charge is -2.08. The second-order valence-electron chi connectivity index (χ2n) is 4.03. The minimum absolute atomic E-state index is 0.0127. The molecule has 1 heterocycles. The van der Waals surface area contributed by atoms with Gasteiger partial charge in [-0.1, -0.05) is 31.2 Å². The van der Waals surface area contributed by atoms with Crippen LogP contribution in [0.4, 0.5) is 13.2 Å². The highest BCUT2D eigenvalue weighted by molar-refractivity contribution is 5.59. The minimum Gasteiger partial charge on any atom is -0.302 e. The van der Waals surface area contributed by atoms with Crippen molar-refractivity contribution in [3.05, 3.63) is 52.1 Å². The SMILES string of the molecule is CCc1ccc(-c2cc(C(F)(F)F)[nH]c(=O)n2)cc1. The van der Waals surface area contributed by atoms with E-state index >= 15 is 0 Å². The van der Waals surface area contributed by atoms with E-state index in [4.69, 9.17) is 0 Å². The maximum atomic E-state index is 12.6. The van der Waals surface area contributed by atoms with E-state index in [0.29, 0.717) is 5.56 Å². The van der Waals surface area contributed by atoms with Crippen LogP contribution in [0.3, 0.4) is 0 Å². The molecule has 0 spiro atoms. The Morgan fingerprint density at radius 2 is 1.84 bits per heavy atom. The molecule has 0 bridgehead atoms. The molecule has 0 amide bonds. The first kappa shape index (κ1) is 13.3. The summed E-state index contributed by atoms with van der Waals surface area (Å²) in [6, 6.07) is 7.74. The number of benzene rings is 1. The average molecular weight is 268 g/mol. The highest BCUT2D eigenvalue weighted by Crippen LogP contribution is 2.28. The molecule has 1 aromatic carbocycles. The molecule has 100 valence electrons. The molecule has 0 aliphatic rings. The van der Waals surface area contributed by atoms with Crippen LogP contribution in [0.25, 0.3) is 11.3 Å². The monoisotopic (exact) mass is 268 g/mol. The fraction of sp³-hybridized carbons (Fsp3) is 0.231. The molecule has 2 aromatic rings. The van der Waals surface area contributed by atoms with Crippen LogP contribution in [0.2, 0.25) is 0 Å². The van der Waals surface area contributed by atoms with Gasteiger partial charge in [-0.05, 0) is 18.1 Å². The number of hydrogen-bond acceptors (Lipinski definition) is 2. The van der Waals surface area contributed by atoms with Gasteiger partial charge in [-0.3, -0.25) is 0 Å². The zero-order chi connectivity index (χ0) is 14.0. The Hall–Kier alpha value is -2.11. The number of aryl methyl sites for hydroxylation is 1. The second-order valence-corrected chi connectivity index (χ2v) is 4.03. The molecule has 6 heteroatoms. The smallest absolute Gasteiger partial charge is 0.302 e. The van der Waals surface area contributed by atoms with Gasteiger partial charge in [0.2, 0.25) is 0 Å². The van der Waals surface area contributed by atoms with Crippen molar-refractivity contribution in [2.45, 2.75) is 19.5 Å². The van der Waals surface area contributed by atoms with Crippen LogP contribution in [0.15, 0.2) is 35.1 Å². The molecule has 0 saturated heterocycles. The van der Waals surface area contributed by atoms with Gasteiger partial charge >= 0.3 is 11.9 Å². The number of nitrogens with zero attached hydrogens (tertiary/aromatic N) is 1. The molecule has 0 radical (unpaired) electrons. The molecule has 0 unspecified atom stereocenters. The molecule has 0 aliphatic carbocycles. The molecule has 3 nitrogen and oxygen atoms in total. The van der Waals surface area contributed by atoms with Gasteiger partial charge in [0.25, 0.3) is 0 Å². The Morgan fingerprint density at radius 1 is 1.21 bits per heavy atom. The van der Waals surface area contributed by atoms with Crippen molar-refractivity contribution in [1.29, 1.82) is 0 Å². The van der Waals surface area contributed by atoms with Gasteiger partial charge in [-0.25, -0.2) is 4.79 Å². The zero-order valence-corrected chi connectivity index (χ0v) is 10.1. The van der Waals surface area contributed by atoms with Crippen molar-refractivity contribution < 1.29 is 13.2 Å². The van der Waals surface area contributed by atoms with Crippen molar-refractivity contribution in [3.63, 3.8) is 0 Å². The Bertz CT molecular complexity index is 630. The second kappa shape index (κ2) is 4.87. The Kier molecular flexibility index (Phi) is 3.42. The largest absolute Gasteiger partial charge is 0.431 e. The van der Waals surface area contributed by atoms with Gasteiger partial charge in [0.1, 0.15) is 5.69 Å². The molecular formula is C13H11F3N2O. The third-order valence-electron chi connectivity index (χ3n) is 2.71. The lowest BCUT2D eigenvalue weighted by atomic mass is 10.1. The van der Waals surface area contributed by atoms with Gasteiger partial charge < -0.3 is 4.98 Å². The number of aromatic nitrogens is 2. The number of alkyl halides is 3. The van der Waals surface area contributed by atoms with Crippen LogP contribution >= 0.6 is 0 Å². The fourth-order valence-electron chi connectivity index (χ4n) is 1.67. The van der Waals surface area contributed by atoms with Gasteiger partial charge in [-0.15, -0.1) is 0 Å². The van der Waals surface area contributed by atoms with E-state index in [2.05, 4.69) is 4.98 Å². The van der Waals surface area contributed by atoms with Crippen molar-refractivity contribution >= 4 is 0 Å². The van der Waals surface area contributed by atoms with Crippen LogP contribution in [0.5, 0.6) is 0 Å². The Labute approximate surface area is 107 Å². The fourth-order valence-corrected chi connectivity index (χ4v) is 1.67. The molecule has 1 N–H and O–H groups in total. The van der Waals surface area contributed by atoms with Crippen molar-refractivity contribution in [3.8, 4) is 11.3 Å². The molecule has 1 aromatic heterocycles. The van der Waals surface area contributed by atoms with Crippen molar-refractivity contribution in [1.82, 2.24) is 9.97 Å². The lowest BCUT2D eigenvalue weighted by molar-refractivity contribution is -0.141. The first-order chi connectivity index (χ1) is 8.90. The van der Waals surface area contributed by atoms with E-state index in [9.17, 15) is 18.0 Å². The third-order valence-corrected chi connectivity index (χ3v) is 2.71. The number of rotatable bonds is 2. The van der Waals surface area contributed by atoms with Crippen LogP contribution in [0.1, 0.15) is 18.2 Å². The van der Waals surface area contributed by atoms with E-state index in [1.165, 1.54) is 0 Å². The quantitative estimate of drug-likeness (QED) is 0.910. The first-order valence-corrected chi connectivity index (χ1v) is 5.68. The van der Waals surface area contributed by atoms with E-state index in [-0.39, 0.29) is 5.69 Å². The summed E-state index contributed by atoms with van der Waals surface area (Å²) in [7, 11) is 0. The third kappa shape index (κ3) is 3.01. The summed E-state index contributed by atoms with van der Waals surface area (Å²) < 4.78 is 37.8. The predicted octanol–water partition coefficient (Wildman–Crippen LogP) is 3.02. The standard InChI is InChI=1S/C13H11F3N2O/c1-2-8-3-5-9(6-4-8)10-7-11(13(14,15)16)18-12(19)17-10/h3-7H,2H2,1H3,(H,17,18,19). The predicted molar refractivity (Wildman–Crippen MR) is 64.7 cm³/mol. The number of halogens is 3. The topological polar surface area (TPSA) is 45.8 Å². The number of aromatic amines is 1. The summed E-state index contributed by atoms with van der Waals surface area (Å²) in [5.74, 6) is 0. The highest BCUT2D eigenvalue weighted by atomic mass is 19.4. The molecule has 0 fully saturated rings. The van der Waals surface area contributed by atoms with Crippen molar-refractivity contribution in [2.75, 3.05) is 0 Å². The van der Waals surface area contributed by atoms with E-state index in [1.54, 1.807) is 29.2 Å². The summed E-state index contributed by atoms with van der Waals surface area (Å²) in [6.07, 6.45) is -3.77. The number of nitrogens with one attached hydrogen (secondary N) is 1. The van der Waals surface area contributed by atoms with Gasteiger partial charge in [-0.2, -0.15) is 18.2 Å². The van der Waals surface area contributed by atoms with Crippen LogP contribution in [-0.2, 0) is 12.6 Å². The summed E-state index contributed by atoms with van der Waals surface area (Å²) >= 11 is 0. The summed E-state index contributed by atoms with van der Waals surface area (Å²) in [6.45, 7) is 1.97. The summed E-state index contributed by atoms with van der Waals surface area (Å²) in [4.78, 5) is 16.4. The summed E-state index contributed by atoms with van der Waals surface area (Å²) in [5, 5.41) is 0. The maximum absolute atomic E-state index is 12.6. The summed E-state index contributed by atoms with van der Waals surface area (Å²) in [5.41, 5.74) is -0.552. The Morgan fingerprint density at radius 3 is 2.37 bits per heavy atom. The van der Waals surface area contributed by atoms with Crippen LogP contribution in [-0.4, -0.2) is 9.97 Å². The normalized spacial score (nSPS) is 11.6.